The van der Waals surface area contributed by atoms with Crippen LogP contribution in [-0.2, 0) is 9.47 Å². The van der Waals surface area contributed by atoms with Crippen molar-refractivity contribution in [1.29, 1.82) is 0 Å². The second-order valence-corrected chi connectivity index (χ2v) is 4.21. The van der Waals surface area contributed by atoms with Crippen molar-refractivity contribution in [3.05, 3.63) is 0 Å². The first-order valence-corrected chi connectivity index (χ1v) is 4.26. The Bertz CT molecular complexity index is 107. The maximum Gasteiger partial charge on any atom is 0.0700 e. The molecule has 0 saturated carbocycles. The van der Waals surface area contributed by atoms with Gasteiger partial charge in [-0.15, -0.1) is 0 Å². The minimum atomic E-state index is 0.310. The summed E-state index contributed by atoms with van der Waals surface area (Å²) in [5, 5.41) is 0. The zero-order chi connectivity index (χ0) is 8.32. The molecule has 1 heterocycles. The van der Waals surface area contributed by atoms with Crippen LogP contribution in [0.3, 0.4) is 0 Å². The fraction of sp³-hybridized carbons (Fsp3) is 1.00. The molecule has 2 heteroatoms. The first kappa shape index (κ1) is 9.01. The van der Waals surface area contributed by atoms with Gasteiger partial charge in [0.2, 0.25) is 0 Å². The number of hydrogen-bond donors (Lipinski definition) is 0. The molecule has 1 aliphatic rings. The van der Waals surface area contributed by atoms with Crippen molar-refractivity contribution in [1.82, 2.24) is 0 Å². The predicted octanol–water partition coefficient (Wildman–Crippen LogP) is 1.70. The van der Waals surface area contributed by atoms with E-state index < -0.39 is 0 Å². The Morgan fingerprint density at radius 3 is 1.82 bits per heavy atom. The smallest absolute Gasteiger partial charge is 0.0700 e. The van der Waals surface area contributed by atoms with Crippen LogP contribution in [0.2, 0.25) is 0 Å². The van der Waals surface area contributed by atoms with Crippen molar-refractivity contribution in [2.75, 3.05) is 26.4 Å². The Hall–Kier alpha value is -0.0800. The molecule has 0 atom stereocenters. The van der Waals surface area contributed by atoms with Gasteiger partial charge in [0.15, 0.2) is 0 Å². The van der Waals surface area contributed by atoms with Gasteiger partial charge in [0.25, 0.3) is 0 Å². The van der Waals surface area contributed by atoms with E-state index in [4.69, 9.17) is 9.47 Å². The maximum absolute atomic E-state index is 5.41. The molecule has 1 rings (SSSR count). The van der Waals surface area contributed by atoms with Crippen LogP contribution in [0.1, 0.15) is 20.8 Å². The number of hydrogen-bond acceptors (Lipinski definition) is 2. The summed E-state index contributed by atoms with van der Waals surface area (Å²) in [6.07, 6.45) is 0. The third-order valence-electron chi connectivity index (χ3n) is 2.23. The fourth-order valence-corrected chi connectivity index (χ4v) is 1.12. The van der Waals surface area contributed by atoms with Gasteiger partial charge in [0.1, 0.15) is 0 Å². The van der Waals surface area contributed by atoms with Gasteiger partial charge < -0.3 is 9.47 Å². The highest BCUT2D eigenvalue weighted by Gasteiger charge is 2.26. The summed E-state index contributed by atoms with van der Waals surface area (Å²) >= 11 is 0. The summed E-state index contributed by atoms with van der Waals surface area (Å²) in [5.41, 5.74) is 0.310. The summed E-state index contributed by atoms with van der Waals surface area (Å²) in [6.45, 7) is 9.91. The van der Waals surface area contributed by atoms with Crippen molar-refractivity contribution in [3.8, 4) is 0 Å². The lowest BCUT2D eigenvalue weighted by atomic mass is 9.82. The van der Waals surface area contributed by atoms with Crippen LogP contribution in [0.5, 0.6) is 0 Å². The summed E-state index contributed by atoms with van der Waals surface area (Å²) in [6, 6.07) is 0. The van der Waals surface area contributed by atoms with Crippen molar-refractivity contribution in [3.63, 3.8) is 0 Å². The highest BCUT2D eigenvalue weighted by atomic mass is 16.5. The zero-order valence-electron chi connectivity index (χ0n) is 7.72. The molecule has 0 aromatic heterocycles. The van der Waals surface area contributed by atoms with Crippen LogP contribution < -0.4 is 0 Å². The molecule has 1 fully saturated rings. The molecule has 0 unspecified atom stereocenters. The Morgan fingerprint density at radius 1 is 1.00 bits per heavy atom. The van der Waals surface area contributed by atoms with Crippen LogP contribution in [0.25, 0.3) is 0 Å². The van der Waals surface area contributed by atoms with E-state index in [1.807, 2.05) is 0 Å². The topological polar surface area (TPSA) is 18.5 Å². The molecule has 0 N–H and O–H groups in total. The molecule has 1 aliphatic heterocycles. The maximum atomic E-state index is 5.41. The van der Waals surface area contributed by atoms with E-state index >= 15 is 0 Å². The van der Waals surface area contributed by atoms with Gasteiger partial charge in [-0.2, -0.15) is 0 Å². The molecule has 0 aromatic carbocycles. The molecular weight excluding hydrogens is 140 g/mol. The first-order chi connectivity index (χ1) is 5.11. The summed E-state index contributed by atoms with van der Waals surface area (Å²) < 4.78 is 10.8. The van der Waals surface area contributed by atoms with Crippen molar-refractivity contribution in [2.45, 2.75) is 20.8 Å². The first-order valence-electron chi connectivity index (χ1n) is 4.26. The second kappa shape index (κ2) is 3.55. The average Bonchev–Trinajstić information content (AvgIpc) is 2.10. The molecule has 0 aliphatic carbocycles. The minimum absolute atomic E-state index is 0.310. The monoisotopic (exact) mass is 158 g/mol. The largest absolute Gasteiger partial charge is 0.379 e. The van der Waals surface area contributed by atoms with E-state index in [1.165, 1.54) is 0 Å². The van der Waals surface area contributed by atoms with E-state index in [0.29, 0.717) is 11.3 Å². The van der Waals surface area contributed by atoms with E-state index in [9.17, 15) is 0 Å². The number of rotatable bonds is 0. The predicted molar refractivity (Wildman–Crippen MR) is 44.6 cm³/mol. The Balaban J connectivity index is 2.43. The summed E-state index contributed by atoms with van der Waals surface area (Å²) in [4.78, 5) is 0. The lowest BCUT2D eigenvalue weighted by molar-refractivity contribution is 0.0681. The van der Waals surface area contributed by atoms with Crippen LogP contribution >= 0.6 is 0 Å². The van der Waals surface area contributed by atoms with E-state index in [2.05, 4.69) is 20.8 Å². The van der Waals surface area contributed by atoms with Gasteiger partial charge in [-0.25, -0.2) is 0 Å². The SMILES string of the molecule is CC(C)(C)C1COCCOC1. The van der Waals surface area contributed by atoms with Gasteiger partial charge in [-0.1, -0.05) is 20.8 Å². The Labute approximate surface area is 68.9 Å². The van der Waals surface area contributed by atoms with Gasteiger partial charge in [0.05, 0.1) is 26.4 Å². The van der Waals surface area contributed by atoms with Crippen molar-refractivity contribution >= 4 is 0 Å². The second-order valence-electron chi connectivity index (χ2n) is 4.21. The van der Waals surface area contributed by atoms with Gasteiger partial charge in [0, 0.05) is 5.92 Å². The molecular formula is C9H18O2. The molecule has 2 nitrogen and oxygen atoms in total. The molecule has 0 bridgehead atoms. The fourth-order valence-electron chi connectivity index (χ4n) is 1.12. The standard InChI is InChI=1S/C9H18O2/c1-9(2,3)8-6-10-4-5-11-7-8/h8H,4-7H2,1-3H3. The Morgan fingerprint density at radius 2 is 1.45 bits per heavy atom. The minimum Gasteiger partial charge on any atom is -0.379 e. The number of ether oxygens (including phenoxy) is 2. The highest BCUT2D eigenvalue weighted by Crippen LogP contribution is 2.27. The summed E-state index contributed by atoms with van der Waals surface area (Å²) in [7, 11) is 0. The molecule has 0 amide bonds. The lowest BCUT2D eigenvalue weighted by Gasteiger charge is -2.28. The van der Waals surface area contributed by atoms with Crippen LogP contribution in [0, 0.1) is 11.3 Å². The lowest BCUT2D eigenvalue weighted by Crippen LogP contribution is -2.27. The molecule has 11 heavy (non-hydrogen) atoms. The van der Waals surface area contributed by atoms with E-state index in [-0.39, 0.29) is 0 Å². The van der Waals surface area contributed by atoms with Crippen LogP contribution in [0.15, 0.2) is 0 Å². The molecule has 0 spiro atoms. The average molecular weight is 158 g/mol. The van der Waals surface area contributed by atoms with Gasteiger partial charge >= 0.3 is 0 Å². The van der Waals surface area contributed by atoms with Crippen molar-refractivity contribution < 1.29 is 9.47 Å². The molecule has 0 radical (unpaired) electrons. The van der Waals surface area contributed by atoms with Crippen LogP contribution in [-0.4, -0.2) is 26.4 Å². The quantitative estimate of drug-likeness (QED) is 0.534. The molecule has 66 valence electrons. The van der Waals surface area contributed by atoms with E-state index in [0.717, 1.165) is 26.4 Å². The van der Waals surface area contributed by atoms with E-state index in [1.54, 1.807) is 0 Å². The van der Waals surface area contributed by atoms with Crippen LogP contribution in [0.4, 0.5) is 0 Å². The Kier molecular flexibility index (Phi) is 2.90. The summed E-state index contributed by atoms with van der Waals surface area (Å²) in [5.74, 6) is 0.546. The van der Waals surface area contributed by atoms with Gasteiger partial charge in [-0.3, -0.25) is 0 Å². The van der Waals surface area contributed by atoms with Crippen molar-refractivity contribution in [2.24, 2.45) is 11.3 Å². The zero-order valence-corrected chi connectivity index (χ0v) is 7.72. The van der Waals surface area contributed by atoms with Gasteiger partial charge in [-0.05, 0) is 5.41 Å². The third kappa shape index (κ3) is 2.80. The molecule has 0 aromatic rings. The third-order valence-corrected chi connectivity index (χ3v) is 2.23. The highest BCUT2D eigenvalue weighted by molar-refractivity contribution is 4.74. The normalized spacial score (nSPS) is 23.2. The molecule has 1 saturated heterocycles.